The fraction of sp³-hybridized carbons (Fsp3) is 0.833. The zero-order valence-corrected chi connectivity index (χ0v) is 10.4. The highest BCUT2D eigenvalue weighted by atomic mass is 15.2. The number of piperazine rings is 1. The lowest BCUT2D eigenvalue weighted by atomic mass is 10.3. The standard InChI is InChI=1S/C12H25N3/c1-12(2)4-5-13-6-7-15-10-8-14(3)9-11-15/h4,13H,5-11H2,1-3H3. The molecule has 88 valence electrons. The van der Waals surface area contributed by atoms with Gasteiger partial charge in [0.15, 0.2) is 0 Å². The van der Waals surface area contributed by atoms with E-state index in [0.29, 0.717) is 0 Å². The summed E-state index contributed by atoms with van der Waals surface area (Å²) in [5.74, 6) is 0. The van der Waals surface area contributed by atoms with Crippen molar-refractivity contribution in [2.45, 2.75) is 13.8 Å². The summed E-state index contributed by atoms with van der Waals surface area (Å²) in [5, 5.41) is 3.44. The fourth-order valence-electron chi connectivity index (χ4n) is 1.69. The molecule has 1 aliphatic rings. The van der Waals surface area contributed by atoms with Gasteiger partial charge in [0.2, 0.25) is 0 Å². The minimum absolute atomic E-state index is 1.01. The zero-order chi connectivity index (χ0) is 11.1. The Hall–Kier alpha value is -0.380. The molecule has 0 amide bonds. The van der Waals surface area contributed by atoms with Gasteiger partial charge in [0.25, 0.3) is 0 Å². The molecule has 0 bridgehead atoms. The predicted molar refractivity (Wildman–Crippen MR) is 66.2 cm³/mol. The third-order valence-electron chi connectivity index (χ3n) is 2.86. The maximum atomic E-state index is 3.44. The Morgan fingerprint density at radius 1 is 1.20 bits per heavy atom. The first-order valence-electron chi connectivity index (χ1n) is 5.93. The van der Waals surface area contributed by atoms with E-state index < -0.39 is 0 Å². The molecule has 0 aromatic rings. The molecule has 0 spiro atoms. The monoisotopic (exact) mass is 211 g/mol. The number of hydrogen-bond acceptors (Lipinski definition) is 3. The first-order chi connectivity index (χ1) is 7.18. The number of hydrogen-bond donors (Lipinski definition) is 1. The summed E-state index contributed by atoms with van der Waals surface area (Å²) in [6.45, 7) is 12.5. The van der Waals surface area contributed by atoms with Crippen LogP contribution in [0.1, 0.15) is 13.8 Å². The van der Waals surface area contributed by atoms with Crippen molar-refractivity contribution in [3.05, 3.63) is 11.6 Å². The molecule has 1 heterocycles. The van der Waals surface area contributed by atoms with Gasteiger partial charge < -0.3 is 10.2 Å². The van der Waals surface area contributed by atoms with E-state index in [2.05, 4.69) is 42.1 Å². The van der Waals surface area contributed by atoms with Crippen LogP contribution >= 0.6 is 0 Å². The first-order valence-corrected chi connectivity index (χ1v) is 5.93. The van der Waals surface area contributed by atoms with Gasteiger partial charge in [0.1, 0.15) is 0 Å². The topological polar surface area (TPSA) is 18.5 Å². The molecule has 0 aliphatic carbocycles. The molecule has 0 aromatic carbocycles. The van der Waals surface area contributed by atoms with E-state index in [1.165, 1.54) is 38.3 Å². The maximum absolute atomic E-state index is 3.44. The van der Waals surface area contributed by atoms with Crippen molar-refractivity contribution in [3.63, 3.8) is 0 Å². The van der Waals surface area contributed by atoms with Gasteiger partial charge in [-0.2, -0.15) is 0 Å². The normalized spacial score (nSPS) is 19.1. The van der Waals surface area contributed by atoms with Crippen molar-refractivity contribution in [1.82, 2.24) is 15.1 Å². The second-order valence-electron chi connectivity index (χ2n) is 4.63. The van der Waals surface area contributed by atoms with E-state index in [-0.39, 0.29) is 0 Å². The molecular weight excluding hydrogens is 186 g/mol. The van der Waals surface area contributed by atoms with Crippen molar-refractivity contribution in [1.29, 1.82) is 0 Å². The Kier molecular flexibility index (Phi) is 5.91. The van der Waals surface area contributed by atoms with Gasteiger partial charge in [-0.05, 0) is 20.9 Å². The maximum Gasteiger partial charge on any atom is 0.0137 e. The fourth-order valence-corrected chi connectivity index (χ4v) is 1.69. The van der Waals surface area contributed by atoms with Crippen LogP contribution in [0.25, 0.3) is 0 Å². The van der Waals surface area contributed by atoms with E-state index in [0.717, 1.165) is 13.1 Å². The average molecular weight is 211 g/mol. The van der Waals surface area contributed by atoms with Crippen LogP contribution in [-0.4, -0.2) is 62.7 Å². The Balaban J connectivity index is 1.98. The lowest BCUT2D eigenvalue weighted by Gasteiger charge is -2.32. The third-order valence-corrected chi connectivity index (χ3v) is 2.86. The molecule has 1 N–H and O–H groups in total. The SMILES string of the molecule is CC(C)=CCNCCN1CCN(C)CC1. The molecule has 3 heteroatoms. The number of nitrogens with one attached hydrogen (secondary N) is 1. The molecule has 1 saturated heterocycles. The van der Waals surface area contributed by atoms with Crippen molar-refractivity contribution >= 4 is 0 Å². The van der Waals surface area contributed by atoms with Crippen LogP contribution in [0.15, 0.2) is 11.6 Å². The smallest absolute Gasteiger partial charge is 0.0137 e. The molecule has 1 fully saturated rings. The molecular formula is C12H25N3. The molecule has 1 aliphatic heterocycles. The third kappa shape index (κ3) is 5.92. The number of rotatable bonds is 5. The minimum Gasteiger partial charge on any atom is -0.312 e. The van der Waals surface area contributed by atoms with Crippen LogP contribution in [0.2, 0.25) is 0 Å². The molecule has 3 nitrogen and oxygen atoms in total. The summed E-state index contributed by atoms with van der Waals surface area (Å²) in [7, 11) is 2.20. The average Bonchev–Trinajstić information content (AvgIpc) is 2.20. The number of nitrogens with zero attached hydrogens (tertiary/aromatic N) is 2. The lowest BCUT2D eigenvalue weighted by Crippen LogP contribution is -2.46. The van der Waals surface area contributed by atoms with Crippen molar-refractivity contribution in [2.24, 2.45) is 0 Å². The molecule has 0 aromatic heterocycles. The zero-order valence-electron chi connectivity index (χ0n) is 10.4. The van der Waals surface area contributed by atoms with Crippen molar-refractivity contribution in [3.8, 4) is 0 Å². The van der Waals surface area contributed by atoms with Gasteiger partial charge in [-0.15, -0.1) is 0 Å². The second kappa shape index (κ2) is 6.99. The van der Waals surface area contributed by atoms with Crippen LogP contribution < -0.4 is 5.32 Å². The molecule has 0 saturated carbocycles. The van der Waals surface area contributed by atoms with Crippen molar-refractivity contribution in [2.75, 3.05) is 52.9 Å². The molecule has 0 unspecified atom stereocenters. The highest BCUT2D eigenvalue weighted by Gasteiger charge is 2.12. The van der Waals surface area contributed by atoms with Gasteiger partial charge in [-0.25, -0.2) is 0 Å². The summed E-state index contributed by atoms with van der Waals surface area (Å²) >= 11 is 0. The quantitative estimate of drug-likeness (QED) is 0.536. The number of likely N-dealkylation sites (N-methyl/N-ethyl adjacent to an activating group) is 1. The summed E-state index contributed by atoms with van der Waals surface area (Å²) in [4.78, 5) is 4.93. The summed E-state index contributed by atoms with van der Waals surface area (Å²) in [5.41, 5.74) is 1.39. The van der Waals surface area contributed by atoms with Gasteiger partial charge in [0, 0.05) is 45.8 Å². The number of allylic oxidation sites excluding steroid dienone is 1. The van der Waals surface area contributed by atoms with E-state index >= 15 is 0 Å². The van der Waals surface area contributed by atoms with Crippen LogP contribution in [0.4, 0.5) is 0 Å². The van der Waals surface area contributed by atoms with Crippen LogP contribution in [0.5, 0.6) is 0 Å². The highest BCUT2D eigenvalue weighted by Crippen LogP contribution is 1.97. The molecule has 0 radical (unpaired) electrons. The molecule has 1 rings (SSSR count). The Bertz CT molecular complexity index is 189. The van der Waals surface area contributed by atoms with Gasteiger partial charge >= 0.3 is 0 Å². The van der Waals surface area contributed by atoms with E-state index in [9.17, 15) is 0 Å². The predicted octanol–water partition coefficient (Wildman–Crippen LogP) is 0.790. The first kappa shape index (κ1) is 12.7. The van der Waals surface area contributed by atoms with Crippen LogP contribution in [0.3, 0.4) is 0 Å². The lowest BCUT2D eigenvalue weighted by molar-refractivity contribution is 0.155. The van der Waals surface area contributed by atoms with Crippen LogP contribution in [0, 0.1) is 0 Å². The van der Waals surface area contributed by atoms with E-state index in [4.69, 9.17) is 0 Å². The summed E-state index contributed by atoms with van der Waals surface area (Å²) in [6.07, 6.45) is 2.24. The van der Waals surface area contributed by atoms with Crippen molar-refractivity contribution < 1.29 is 0 Å². The summed E-state index contributed by atoms with van der Waals surface area (Å²) in [6, 6.07) is 0. The van der Waals surface area contributed by atoms with Gasteiger partial charge in [-0.3, -0.25) is 4.90 Å². The largest absolute Gasteiger partial charge is 0.312 e. The Labute approximate surface area is 94.1 Å². The van der Waals surface area contributed by atoms with Gasteiger partial charge in [-0.1, -0.05) is 11.6 Å². The van der Waals surface area contributed by atoms with E-state index in [1.54, 1.807) is 0 Å². The highest BCUT2D eigenvalue weighted by molar-refractivity contribution is 4.94. The Morgan fingerprint density at radius 2 is 1.87 bits per heavy atom. The minimum atomic E-state index is 1.01. The second-order valence-corrected chi connectivity index (χ2v) is 4.63. The summed E-state index contributed by atoms with van der Waals surface area (Å²) < 4.78 is 0. The molecule has 15 heavy (non-hydrogen) atoms. The Morgan fingerprint density at radius 3 is 2.47 bits per heavy atom. The van der Waals surface area contributed by atoms with Gasteiger partial charge in [0.05, 0.1) is 0 Å². The van der Waals surface area contributed by atoms with Crippen LogP contribution in [-0.2, 0) is 0 Å². The molecule has 0 atom stereocenters. The van der Waals surface area contributed by atoms with E-state index in [1.807, 2.05) is 0 Å².